The largest absolute Gasteiger partial charge is 0.298 e. The lowest BCUT2D eigenvalue weighted by Crippen LogP contribution is -2.18. The van der Waals surface area contributed by atoms with Gasteiger partial charge in [-0.3, -0.25) is 9.58 Å². The molecule has 0 fully saturated rings. The molecule has 0 aliphatic rings. The molecule has 0 bridgehead atoms. The molecule has 0 saturated carbocycles. The van der Waals surface area contributed by atoms with Crippen LogP contribution in [0.4, 0.5) is 0 Å². The Labute approximate surface area is 123 Å². The molecule has 1 aromatic carbocycles. The summed E-state index contributed by atoms with van der Waals surface area (Å²) >= 11 is 12.4. The zero-order chi connectivity index (χ0) is 14.0. The van der Waals surface area contributed by atoms with E-state index in [1.807, 2.05) is 45.3 Å². The molecule has 0 amide bonds. The monoisotopic (exact) mass is 297 g/mol. The van der Waals surface area contributed by atoms with Crippen molar-refractivity contribution in [2.75, 3.05) is 7.05 Å². The molecule has 1 aromatic heterocycles. The van der Waals surface area contributed by atoms with E-state index < -0.39 is 0 Å². The van der Waals surface area contributed by atoms with Crippen molar-refractivity contribution in [1.82, 2.24) is 14.7 Å². The molecule has 0 aliphatic heterocycles. The molecule has 0 spiro atoms. The maximum Gasteiger partial charge on any atom is 0.131 e. The third-order valence-electron chi connectivity index (χ3n) is 3.10. The van der Waals surface area contributed by atoms with Gasteiger partial charge in [0.15, 0.2) is 0 Å². The highest BCUT2D eigenvalue weighted by Gasteiger charge is 2.13. The molecule has 0 atom stereocenters. The number of hydrogen-bond acceptors (Lipinski definition) is 2. The van der Waals surface area contributed by atoms with Crippen molar-refractivity contribution in [3.63, 3.8) is 0 Å². The number of rotatable bonds is 4. The van der Waals surface area contributed by atoms with Crippen molar-refractivity contribution >= 4 is 23.2 Å². The second kappa shape index (κ2) is 5.95. The Morgan fingerprint density at radius 3 is 2.47 bits per heavy atom. The third-order valence-corrected chi connectivity index (χ3v) is 3.94. The van der Waals surface area contributed by atoms with Crippen molar-refractivity contribution in [2.45, 2.75) is 20.0 Å². The van der Waals surface area contributed by atoms with Crippen LogP contribution in [0.1, 0.15) is 16.8 Å². The Bertz CT molecular complexity index is 578. The maximum absolute atomic E-state index is 6.24. The molecule has 0 radical (unpaired) electrons. The number of benzene rings is 1. The molecule has 1 heterocycles. The number of aromatic nitrogens is 2. The Balaban J connectivity index is 2.10. The van der Waals surface area contributed by atoms with Gasteiger partial charge < -0.3 is 0 Å². The van der Waals surface area contributed by atoms with Gasteiger partial charge >= 0.3 is 0 Å². The minimum atomic E-state index is 0.698. The van der Waals surface area contributed by atoms with E-state index >= 15 is 0 Å². The molecule has 2 rings (SSSR count). The number of hydrogen-bond donors (Lipinski definition) is 0. The van der Waals surface area contributed by atoms with Gasteiger partial charge in [-0.05, 0) is 25.6 Å². The molecule has 3 nitrogen and oxygen atoms in total. The summed E-state index contributed by atoms with van der Waals surface area (Å²) in [6.45, 7) is 3.51. The van der Waals surface area contributed by atoms with Crippen LogP contribution in [0.15, 0.2) is 24.3 Å². The smallest absolute Gasteiger partial charge is 0.131 e. The average molecular weight is 298 g/mol. The molecule has 0 saturated heterocycles. The highest BCUT2D eigenvalue weighted by molar-refractivity contribution is 6.31. The maximum atomic E-state index is 6.24. The van der Waals surface area contributed by atoms with Crippen molar-refractivity contribution in [3.8, 4) is 0 Å². The fourth-order valence-corrected chi connectivity index (χ4v) is 2.53. The lowest BCUT2D eigenvalue weighted by molar-refractivity contribution is 0.318. The summed E-state index contributed by atoms with van der Waals surface area (Å²) in [6.07, 6.45) is 0. The first-order valence-electron chi connectivity index (χ1n) is 6.09. The van der Waals surface area contributed by atoms with Crippen LogP contribution in [0.5, 0.6) is 0 Å². The summed E-state index contributed by atoms with van der Waals surface area (Å²) in [4.78, 5) is 2.18. The van der Waals surface area contributed by atoms with E-state index in [9.17, 15) is 0 Å². The van der Waals surface area contributed by atoms with Crippen LogP contribution in [0.25, 0.3) is 0 Å². The summed E-state index contributed by atoms with van der Waals surface area (Å²) in [7, 11) is 3.90. The summed E-state index contributed by atoms with van der Waals surface area (Å²) in [5.74, 6) is 0. The van der Waals surface area contributed by atoms with Gasteiger partial charge in [-0.25, -0.2) is 0 Å². The number of nitrogens with zero attached hydrogens (tertiary/aromatic N) is 3. The van der Waals surface area contributed by atoms with E-state index in [4.69, 9.17) is 23.2 Å². The van der Waals surface area contributed by atoms with E-state index in [1.165, 1.54) is 0 Å². The molecule has 102 valence electrons. The molecule has 2 aromatic rings. The van der Waals surface area contributed by atoms with Gasteiger partial charge in [0.1, 0.15) is 5.15 Å². The number of halogens is 2. The van der Waals surface area contributed by atoms with Gasteiger partial charge in [-0.2, -0.15) is 5.10 Å². The Morgan fingerprint density at radius 2 is 1.89 bits per heavy atom. The van der Waals surface area contributed by atoms with E-state index in [0.29, 0.717) is 5.15 Å². The first kappa shape index (κ1) is 14.4. The van der Waals surface area contributed by atoms with Gasteiger partial charge in [-0.15, -0.1) is 0 Å². The molecule has 19 heavy (non-hydrogen) atoms. The highest BCUT2D eigenvalue weighted by Crippen LogP contribution is 2.22. The van der Waals surface area contributed by atoms with Gasteiger partial charge in [-0.1, -0.05) is 41.4 Å². The molecule has 5 heteroatoms. The lowest BCUT2D eigenvalue weighted by Gasteiger charge is -2.17. The van der Waals surface area contributed by atoms with E-state index in [1.54, 1.807) is 4.68 Å². The fourth-order valence-electron chi connectivity index (χ4n) is 2.10. The fraction of sp³-hybridized carbons (Fsp3) is 0.357. The first-order chi connectivity index (χ1) is 8.99. The van der Waals surface area contributed by atoms with Gasteiger partial charge in [0.25, 0.3) is 0 Å². The van der Waals surface area contributed by atoms with Crippen LogP contribution < -0.4 is 0 Å². The average Bonchev–Trinajstić information content (AvgIpc) is 2.59. The predicted molar refractivity (Wildman–Crippen MR) is 79.6 cm³/mol. The SMILES string of the molecule is Cc1nn(C)c(Cl)c1CN(C)Cc1ccccc1Cl. The van der Waals surface area contributed by atoms with Gasteiger partial charge in [0.2, 0.25) is 0 Å². The van der Waals surface area contributed by atoms with Gasteiger partial charge in [0, 0.05) is 30.7 Å². The molecule has 0 unspecified atom stereocenters. The van der Waals surface area contributed by atoms with Crippen LogP contribution in [0.2, 0.25) is 10.2 Å². The topological polar surface area (TPSA) is 21.1 Å². The summed E-state index contributed by atoms with van der Waals surface area (Å²) in [5, 5.41) is 5.81. The lowest BCUT2D eigenvalue weighted by atomic mass is 10.2. The quantitative estimate of drug-likeness (QED) is 0.859. The Kier molecular flexibility index (Phi) is 4.50. The first-order valence-corrected chi connectivity index (χ1v) is 6.84. The Hall–Kier alpha value is -1.03. The van der Waals surface area contributed by atoms with Crippen LogP contribution in [0, 0.1) is 6.92 Å². The van der Waals surface area contributed by atoms with E-state index in [0.717, 1.165) is 34.9 Å². The second-order valence-corrected chi connectivity index (χ2v) is 5.51. The van der Waals surface area contributed by atoms with E-state index in [-0.39, 0.29) is 0 Å². The second-order valence-electron chi connectivity index (χ2n) is 4.74. The predicted octanol–water partition coefficient (Wildman–Crippen LogP) is 3.67. The van der Waals surface area contributed by atoms with Crippen molar-refractivity contribution in [2.24, 2.45) is 7.05 Å². The van der Waals surface area contributed by atoms with Crippen LogP contribution in [-0.4, -0.2) is 21.7 Å². The summed E-state index contributed by atoms with van der Waals surface area (Å²) in [6, 6.07) is 7.88. The van der Waals surface area contributed by atoms with E-state index in [2.05, 4.69) is 10.00 Å². The summed E-state index contributed by atoms with van der Waals surface area (Å²) in [5.41, 5.74) is 3.15. The molecule has 0 N–H and O–H groups in total. The molecular weight excluding hydrogens is 281 g/mol. The van der Waals surface area contributed by atoms with Crippen LogP contribution >= 0.6 is 23.2 Å². The van der Waals surface area contributed by atoms with Crippen molar-refractivity contribution in [3.05, 3.63) is 51.3 Å². The van der Waals surface area contributed by atoms with Crippen molar-refractivity contribution in [1.29, 1.82) is 0 Å². The number of aryl methyl sites for hydroxylation is 2. The van der Waals surface area contributed by atoms with Gasteiger partial charge in [0.05, 0.1) is 5.69 Å². The zero-order valence-electron chi connectivity index (χ0n) is 11.3. The third kappa shape index (κ3) is 3.30. The molecule has 0 aliphatic carbocycles. The standard InChI is InChI=1S/C14H17Cl2N3/c1-10-12(14(16)19(3)17-10)9-18(2)8-11-6-4-5-7-13(11)15/h4-7H,8-9H2,1-3H3. The normalized spacial score (nSPS) is 11.3. The minimum Gasteiger partial charge on any atom is -0.298 e. The van der Waals surface area contributed by atoms with Crippen molar-refractivity contribution < 1.29 is 0 Å². The van der Waals surface area contributed by atoms with Crippen LogP contribution in [-0.2, 0) is 20.1 Å². The highest BCUT2D eigenvalue weighted by atomic mass is 35.5. The molecular formula is C14H17Cl2N3. The zero-order valence-corrected chi connectivity index (χ0v) is 12.8. The van der Waals surface area contributed by atoms with Crippen LogP contribution in [0.3, 0.4) is 0 Å². The summed E-state index contributed by atoms with van der Waals surface area (Å²) < 4.78 is 1.70. The Morgan fingerprint density at radius 1 is 1.21 bits per heavy atom. The minimum absolute atomic E-state index is 0.698.